The van der Waals surface area contributed by atoms with Crippen molar-refractivity contribution < 1.29 is 22.0 Å². The lowest BCUT2D eigenvalue weighted by atomic mass is 10.2. The predicted octanol–water partition coefficient (Wildman–Crippen LogP) is -1.10. The highest BCUT2D eigenvalue weighted by molar-refractivity contribution is 5.13. The molecule has 0 fully saturated rings. The van der Waals surface area contributed by atoms with Crippen LogP contribution >= 0.6 is 0 Å². The van der Waals surface area contributed by atoms with E-state index >= 15 is 0 Å². The topological polar surface area (TPSA) is 20.2 Å². The first-order valence-electron chi connectivity index (χ1n) is 4.95. The standard InChI is InChI=1S/C10H16N.C2H6O.ClH/c1-11(2,3)9-10-7-5-4-6-8-10;1-2-3;/h4-8H,9H2,1-3H3;3H,2H2,1H3;1H/q+1;;/p-1. The Hall–Kier alpha value is -0.570. The zero-order chi connectivity index (χ0) is 11.0. The highest BCUT2D eigenvalue weighted by atomic mass is 35.5. The number of rotatable bonds is 2. The van der Waals surface area contributed by atoms with Crippen molar-refractivity contribution in [1.82, 2.24) is 0 Å². The monoisotopic (exact) mass is 231 g/mol. The number of aliphatic hydroxyl groups excluding tert-OH is 1. The van der Waals surface area contributed by atoms with Crippen LogP contribution in [-0.2, 0) is 6.54 Å². The molecule has 0 aromatic heterocycles. The maximum Gasteiger partial charge on any atom is 0.104 e. The van der Waals surface area contributed by atoms with Gasteiger partial charge in [-0.05, 0) is 6.92 Å². The van der Waals surface area contributed by atoms with Crippen LogP contribution in [0.15, 0.2) is 30.3 Å². The third kappa shape index (κ3) is 11.4. The minimum absolute atomic E-state index is 0. The van der Waals surface area contributed by atoms with Crippen LogP contribution in [0.1, 0.15) is 12.5 Å². The minimum Gasteiger partial charge on any atom is -1.00 e. The molecule has 0 unspecified atom stereocenters. The summed E-state index contributed by atoms with van der Waals surface area (Å²) >= 11 is 0. The Morgan fingerprint density at radius 2 is 1.47 bits per heavy atom. The smallest absolute Gasteiger partial charge is 0.104 e. The summed E-state index contributed by atoms with van der Waals surface area (Å²) in [6, 6.07) is 10.6. The Kier molecular flexibility index (Phi) is 9.79. The largest absolute Gasteiger partial charge is 1.00 e. The van der Waals surface area contributed by atoms with E-state index in [2.05, 4.69) is 51.5 Å². The van der Waals surface area contributed by atoms with Crippen LogP contribution in [-0.4, -0.2) is 37.3 Å². The van der Waals surface area contributed by atoms with Crippen molar-refractivity contribution >= 4 is 0 Å². The molecule has 0 heterocycles. The van der Waals surface area contributed by atoms with E-state index in [1.165, 1.54) is 5.56 Å². The van der Waals surface area contributed by atoms with Gasteiger partial charge in [0.2, 0.25) is 0 Å². The summed E-state index contributed by atoms with van der Waals surface area (Å²) in [5.74, 6) is 0. The van der Waals surface area contributed by atoms with Gasteiger partial charge in [0.1, 0.15) is 6.54 Å². The van der Waals surface area contributed by atoms with Gasteiger partial charge in [-0.1, -0.05) is 30.3 Å². The van der Waals surface area contributed by atoms with E-state index in [4.69, 9.17) is 5.11 Å². The van der Waals surface area contributed by atoms with Gasteiger partial charge in [0.25, 0.3) is 0 Å². The van der Waals surface area contributed by atoms with Crippen molar-refractivity contribution in [2.24, 2.45) is 0 Å². The van der Waals surface area contributed by atoms with Crippen LogP contribution in [0.3, 0.4) is 0 Å². The second-order valence-corrected chi connectivity index (χ2v) is 4.25. The maximum atomic E-state index is 7.57. The second kappa shape index (κ2) is 8.72. The molecule has 15 heavy (non-hydrogen) atoms. The normalized spacial score (nSPS) is 9.67. The number of benzene rings is 1. The Balaban J connectivity index is 0. The summed E-state index contributed by atoms with van der Waals surface area (Å²) in [7, 11) is 6.60. The third-order valence-corrected chi connectivity index (χ3v) is 1.50. The molecule has 0 saturated carbocycles. The molecule has 0 atom stereocenters. The molecule has 1 N–H and O–H groups in total. The molecule has 3 heteroatoms. The van der Waals surface area contributed by atoms with Gasteiger partial charge in [0, 0.05) is 12.2 Å². The molecular weight excluding hydrogens is 210 g/mol. The van der Waals surface area contributed by atoms with E-state index in [-0.39, 0.29) is 19.0 Å². The summed E-state index contributed by atoms with van der Waals surface area (Å²) in [6.45, 7) is 3.03. The van der Waals surface area contributed by atoms with Crippen LogP contribution in [0.25, 0.3) is 0 Å². The Morgan fingerprint density at radius 3 is 1.80 bits per heavy atom. The first kappa shape index (κ1) is 16.8. The van der Waals surface area contributed by atoms with Gasteiger partial charge in [0.05, 0.1) is 21.1 Å². The average Bonchev–Trinajstić information content (AvgIpc) is 2.04. The number of hydrogen-bond acceptors (Lipinski definition) is 1. The number of hydrogen-bond donors (Lipinski definition) is 1. The molecule has 0 aliphatic carbocycles. The molecule has 0 amide bonds. The summed E-state index contributed by atoms with van der Waals surface area (Å²) in [4.78, 5) is 0. The molecule has 1 aromatic carbocycles. The SMILES string of the molecule is CCO.C[N+](C)(C)Cc1ccccc1.[Cl-]. The zero-order valence-electron chi connectivity index (χ0n) is 10.1. The number of aliphatic hydroxyl groups is 1. The second-order valence-electron chi connectivity index (χ2n) is 4.25. The first-order chi connectivity index (χ1) is 6.49. The lowest BCUT2D eigenvalue weighted by Gasteiger charge is -2.23. The maximum absolute atomic E-state index is 7.57. The third-order valence-electron chi connectivity index (χ3n) is 1.50. The molecule has 0 radical (unpaired) electrons. The van der Waals surface area contributed by atoms with Crippen molar-refractivity contribution in [2.45, 2.75) is 13.5 Å². The van der Waals surface area contributed by atoms with Gasteiger partial charge in [-0.2, -0.15) is 0 Å². The summed E-state index contributed by atoms with van der Waals surface area (Å²) in [5, 5.41) is 7.57. The quantitative estimate of drug-likeness (QED) is 0.641. The van der Waals surface area contributed by atoms with Gasteiger partial charge in [-0.15, -0.1) is 0 Å². The highest BCUT2D eigenvalue weighted by Crippen LogP contribution is 2.04. The first-order valence-corrected chi connectivity index (χ1v) is 4.95. The lowest BCUT2D eigenvalue weighted by Crippen LogP contribution is -3.00. The van der Waals surface area contributed by atoms with Crippen molar-refractivity contribution in [3.05, 3.63) is 35.9 Å². The van der Waals surface area contributed by atoms with E-state index < -0.39 is 0 Å². The molecule has 0 aliphatic heterocycles. The van der Waals surface area contributed by atoms with E-state index in [0.29, 0.717) is 0 Å². The molecule has 1 rings (SSSR count). The van der Waals surface area contributed by atoms with Gasteiger partial charge in [-0.25, -0.2) is 0 Å². The predicted molar refractivity (Wildman–Crippen MR) is 60.9 cm³/mol. The fourth-order valence-corrected chi connectivity index (χ4v) is 1.13. The number of quaternary nitrogens is 1. The van der Waals surface area contributed by atoms with Crippen LogP contribution in [0, 0.1) is 0 Å². The molecule has 0 aliphatic rings. The van der Waals surface area contributed by atoms with Crippen LogP contribution in [0.5, 0.6) is 0 Å². The van der Waals surface area contributed by atoms with Gasteiger partial charge in [0.15, 0.2) is 0 Å². The molecular formula is C12H22ClNO. The summed E-state index contributed by atoms with van der Waals surface area (Å²) < 4.78 is 0.990. The highest BCUT2D eigenvalue weighted by Gasteiger charge is 2.06. The molecule has 1 aromatic rings. The van der Waals surface area contributed by atoms with Gasteiger partial charge >= 0.3 is 0 Å². The molecule has 0 spiro atoms. The van der Waals surface area contributed by atoms with Crippen molar-refractivity contribution in [3.8, 4) is 0 Å². The lowest BCUT2D eigenvalue weighted by molar-refractivity contribution is -0.884. The van der Waals surface area contributed by atoms with Gasteiger partial charge in [-0.3, -0.25) is 0 Å². The van der Waals surface area contributed by atoms with Crippen molar-refractivity contribution in [3.63, 3.8) is 0 Å². The van der Waals surface area contributed by atoms with Crippen LogP contribution in [0.2, 0.25) is 0 Å². The molecule has 0 bridgehead atoms. The van der Waals surface area contributed by atoms with Gasteiger partial charge < -0.3 is 22.0 Å². The summed E-state index contributed by atoms with van der Waals surface area (Å²) in [6.07, 6.45) is 0. The van der Waals surface area contributed by atoms with E-state index in [1.54, 1.807) is 6.92 Å². The number of halogens is 1. The molecule has 2 nitrogen and oxygen atoms in total. The minimum atomic E-state index is 0. The fraction of sp³-hybridized carbons (Fsp3) is 0.500. The zero-order valence-corrected chi connectivity index (χ0v) is 10.8. The summed E-state index contributed by atoms with van der Waals surface area (Å²) in [5.41, 5.74) is 1.40. The van der Waals surface area contributed by atoms with Crippen LogP contribution < -0.4 is 12.4 Å². The number of nitrogens with zero attached hydrogens (tertiary/aromatic N) is 1. The van der Waals surface area contributed by atoms with Crippen molar-refractivity contribution in [1.29, 1.82) is 0 Å². The van der Waals surface area contributed by atoms with E-state index in [0.717, 1.165) is 11.0 Å². The fourth-order valence-electron chi connectivity index (χ4n) is 1.13. The Labute approximate surface area is 99.5 Å². The van der Waals surface area contributed by atoms with Crippen molar-refractivity contribution in [2.75, 3.05) is 27.7 Å². The Morgan fingerprint density at radius 1 is 1.07 bits per heavy atom. The Bertz CT molecular complexity index is 231. The molecule has 88 valence electrons. The average molecular weight is 232 g/mol. The molecule has 0 saturated heterocycles. The van der Waals surface area contributed by atoms with E-state index in [9.17, 15) is 0 Å². The van der Waals surface area contributed by atoms with Crippen LogP contribution in [0.4, 0.5) is 0 Å². The van der Waals surface area contributed by atoms with E-state index in [1.807, 2.05) is 0 Å².